The summed E-state index contributed by atoms with van der Waals surface area (Å²) in [6, 6.07) is 13.0. The molecule has 2 saturated heterocycles. The molecule has 1 aromatic heterocycles. The Kier molecular flexibility index (Phi) is 10.0. The molecule has 5 rings (SSSR count). The van der Waals surface area contributed by atoms with Crippen LogP contribution in [0.5, 0.6) is 0 Å². The predicted molar refractivity (Wildman–Crippen MR) is 162 cm³/mol. The highest BCUT2D eigenvalue weighted by Gasteiger charge is 2.28. The Morgan fingerprint density at radius 2 is 1.98 bits per heavy atom. The number of thioether (sulfide) groups is 1. The van der Waals surface area contributed by atoms with E-state index in [1.54, 1.807) is 0 Å². The van der Waals surface area contributed by atoms with E-state index in [1.165, 1.54) is 23.1 Å². The van der Waals surface area contributed by atoms with E-state index in [0.29, 0.717) is 34.5 Å². The molecule has 3 heterocycles. The number of β-amino-alcohol motifs (C(OH)–C–C–N with tert-alkyl or cyclic N) is 1. The van der Waals surface area contributed by atoms with Gasteiger partial charge in [-0.1, -0.05) is 53.2 Å². The second-order valence-electron chi connectivity index (χ2n) is 10.1. The molecule has 4 N–H and O–H groups in total. The molecule has 2 amide bonds. The first-order valence-corrected chi connectivity index (χ1v) is 15.8. The third-order valence-electron chi connectivity index (χ3n) is 7.00. The number of rotatable bonds is 9. The van der Waals surface area contributed by atoms with Crippen molar-refractivity contribution in [2.24, 2.45) is 0 Å². The SMILES string of the molecule is O=C(CSc1nc(-c2cccc(NC(=O)C3CC(O)CN3)c2)cs1)NC1CCN(Cc2ccc(Cl)c(Cl)c2)CC1. The molecule has 0 radical (unpaired) electrons. The molecule has 3 aromatic rings. The van der Waals surface area contributed by atoms with Gasteiger partial charge in [-0.3, -0.25) is 14.5 Å². The lowest BCUT2D eigenvalue weighted by molar-refractivity contribution is -0.119. The highest BCUT2D eigenvalue weighted by molar-refractivity contribution is 8.01. The van der Waals surface area contributed by atoms with Gasteiger partial charge in [0, 0.05) is 48.9 Å². The van der Waals surface area contributed by atoms with Crippen molar-refractivity contribution in [3.63, 3.8) is 0 Å². The Labute approximate surface area is 251 Å². The van der Waals surface area contributed by atoms with Crippen molar-refractivity contribution in [2.75, 3.05) is 30.7 Å². The fraction of sp³-hybridized carbons (Fsp3) is 0.393. The summed E-state index contributed by atoms with van der Waals surface area (Å²) in [5.41, 5.74) is 3.50. The molecule has 212 valence electrons. The van der Waals surface area contributed by atoms with Crippen molar-refractivity contribution >= 4 is 63.8 Å². The average Bonchev–Trinajstić information content (AvgIpc) is 3.60. The molecule has 2 fully saturated rings. The molecule has 0 aliphatic carbocycles. The largest absolute Gasteiger partial charge is 0.392 e. The maximum Gasteiger partial charge on any atom is 0.241 e. The Hall–Kier alpha value is -2.18. The van der Waals surface area contributed by atoms with Crippen LogP contribution >= 0.6 is 46.3 Å². The smallest absolute Gasteiger partial charge is 0.241 e. The van der Waals surface area contributed by atoms with Crippen molar-refractivity contribution < 1.29 is 14.7 Å². The standard InChI is InChI=1S/C28H31Cl2N5O3S2/c29-22-5-4-17(10-23(22)30)14-35-8-6-19(7-9-35)32-26(37)16-40-28-34-25(15-39-28)18-2-1-3-20(11-18)33-27(38)24-12-21(36)13-31-24/h1-5,10-11,15,19,21,24,31,36H,6-9,12-14,16H2,(H,32,37)(H,33,38). The fourth-order valence-corrected chi connectivity index (χ4v) is 6.85. The van der Waals surface area contributed by atoms with E-state index < -0.39 is 12.1 Å². The van der Waals surface area contributed by atoms with Gasteiger partial charge in [0.25, 0.3) is 0 Å². The summed E-state index contributed by atoms with van der Waals surface area (Å²) in [5.74, 6) is 0.165. The quantitative estimate of drug-likeness (QED) is 0.258. The first kappa shape index (κ1) is 29.3. The number of thiazole rings is 1. The van der Waals surface area contributed by atoms with Crippen LogP contribution in [0.25, 0.3) is 11.3 Å². The number of nitrogens with one attached hydrogen (secondary N) is 3. The summed E-state index contributed by atoms with van der Waals surface area (Å²) in [6.45, 7) is 3.06. The zero-order chi connectivity index (χ0) is 28.1. The van der Waals surface area contributed by atoms with Crippen molar-refractivity contribution in [2.45, 2.75) is 48.3 Å². The number of carbonyl (C=O) groups excluding carboxylic acids is 2. The van der Waals surface area contributed by atoms with Gasteiger partial charge in [0.15, 0.2) is 4.34 Å². The Bertz CT molecular complexity index is 1350. The second kappa shape index (κ2) is 13.7. The van der Waals surface area contributed by atoms with Gasteiger partial charge >= 0.3 is 0 Å². The average molecular weight is 621 g/mol. The van der Waals surface area contributed by atoms with Crippen LogP contribution in [0.3, 0.4) is 0 Å². The topological polar surface area (TPSA) is 107 Å². The lowest BCUT2D eigenvalue weighted by Gasteiger charge is -2.32. The van der Waals surface area contributed by atoms with Crippen LogP contribution in [0.1, 0.15) is 24.8 Å². The molecule has 2 aliphatic rings. The van der Waals surface area contributed by atoms with Gasteiger partial charge < -0.3 is 21.1 Å². The first-order valence-electron chi connectivity index (χ1n) is 13.2. The predicted octanol–water partition coefficient (Wildman–Crippen LogP) is 4.65. The maximum atomic E-state index is 12.6. The number of carbonyl (C=O) groups is 2. The number of amides is 2. The molecule has 12 heteroatoms. The summed E-state index contributed by atoms with van der Waals surface area (Å²) in [5, 5.41) is 21.8. The second-order valence-corrected chi connectivity index (χ2v) is 13.0. The van der Waals surface area contributed by atoms with Gasteiger partial charge in [0.05, 0.1) is 33.6 Å². The van der Waals surface area contributed by atoms with Crippen molar-refractivity contribution in [1.29, 1.82) is 0 Å². The molecular weight excluding hydrogens is 589 g/mol. The van der Waals surface area contributed by atoms with Crippen LogP contribution in [-0.4, -0.2) is 70.4 Å². The number of piperidine rings is 1. The number of aromatic nitrogens is 1. The van der Waals surface area contributed by atoms with Crippen molar-refractivity contribution in [3.8, 4) is 11.3 Å². The molecule has 40 heavy (non-hydrogen) atoms. The van der Waals surface area contributed by atoms with Gasteiger partial charge in [-0.05, 0) is 49.1 Å². The number of hydrogen-bond donors (Lipinski definition) is 4. The maximum absolute atomic E-state index is 12.6. The minimum Gasteiger partial charge on any atom is -0.392 e. The summed E-state index contributed by atoms with van der Waals surface area (Å²) in [6.07, 6.45) is 1.73. The van der Waals surface area contributed by atoms with Gasteiger partial charge in [0.2, 0.25) is 11.8 Å². The number of benzene rings is 2. The van der Waals surface area contributed by atoms with Crippen molar-refractivity contribution in [1.82, 2.24) is 20.5 Å². The number of anilines is 1. The normalized spacial score (nSPS) is 20.0. The minimum atomic E-state index is -0.491. The molecular formula is C28H31Cl2N5O3S2. The van der Waals surface area contributed by atoms with E-state index in [4.69, 9.17) is 23.2 Å². The Balaban J connectivity index is 1.05. The first-order chi connectivity index (χ1) is 19.3. The van der Waals surface area contributed by atoms with E-state index in [-0.39, 0.29) is 17.9 Å². The van der Waals surface area contributed by atoms with E-state index >= 15 is 0 Å². The summed E-state index contributed by atoms with van der Waals surface area (Å²) < 4.78 is 0.820. The molecule has 2 unspecified atom stereocenters. The lowest BCUT2D eigenvalue weighted by Crippen LogP contribution is -2.44. The van der Waals surface area contributed by atoms with Crippen LogP contribution in [0, 0.1) is 0 Å². The number of hydrogen-bond acceptors (Lipinski definition) is 8. The van der Waals surface area contributed by atoms with Gasteiger partial charge in [-0.15, -0.1) is 11.3 Å². The zero-order valence-electron chi connectivity index (χ0n) is 21.7. The molecule has 8 nitrogen and oxygen atoms in total. The van der Waals surface area contributed by atoms with Crippen LogP contribution < -0.4 is 16.0 Å². The Morgan fingerprint density at radius 1 is 1.15 bits per heavy atom. The Morgan fingerprint density at radius 3 is 2.73 bits per heavy atom. The van der Waals surface area contributed by atoms with Gasteiger partial charge in [0.1, 0.15) is 0 Å². The summed E-state index contributed by atoms with van der Waals surface area (Å²) in [7, 11) is 0. The van der Waals surface area contributed by atoms with Crippen LogP contribution in [0.2, 0.25) is 10.0 Å². The van der Waals surface area contributed by atoms with Crippen molar-refractivity contribution in [3.05, 3.63) is 63.5 Å². The van der Waals surface area contributed by atoms with Gasteiger partial charge in [-0.25, -0.2) is 4.98 Å². The van der Waals surface area contributed by atoms with Crippen LogP contribution in [0.15, 0.2) is 52.2 Å². The van der Waals surface area contributed by atoms with E-state index in [9.17, 15) is 14.7 Å². The number of aliphatic hydroxyl groups excluding tert-OH is 1. The van der Waals surface area contributed by atoms with E-state index in [2.05, 4.69) is 25.8 Å². The highest BCUT2D eigenvalue weighted by atomic mass is 35.5. The monoisotopic (exact) mass is 619 g/mol. The number of halogens is 2. The third-order valence-corrected chi connectivity index (χ3v) is 9.76. The number of nitrogens with zero attached hydrogens (tertiary/aromatic N) is 2. The molecule has 2 aromatic carbocycles. The summed E-state index contributed by atoms with van der Waals surface area (Å²) >= 11 is 15.1. The fourth-order valence-electron chi connectivity index (χ4n) is 4.89. The highest BCUT2D eigenvalue weighted by Crippen LogP contribution is 2.30. The molecule has 2 aliphatic heterocycles. The molecule has 2 atom stereocenters. The van der Waals surface area contributed by atoms with Crippen LogP contribution in [0.4, 0.5) is 5.69 Å². The summed E-state index contributed by atoms with van der Waals surface area (Å²) in [4.78, 5) is 32.1. The molecule has 0 spiro atoms. The number of likely N-dealkylation sites (tertiary alicyclic amines) is 1. The van der Waals surface area contributed by atoms with E-state index in [0.717, 1.165) is 53.6 Å². The lowest BCUT2D eigenvalue weighted by atomic mass is 10.0. The minimum absolute atomic E-state index is 0.0139. The zero-order valence-corrected chi connectivity index (χ0v) is 24.9. The molecule has 0 saturated carbocycles. The number of aliphatic hydroxyl groups is 1. The third kappa shape index (κ3) is 7.97. The van der Waals surface area contributed by atoms with Gasteiger partial charge in [-0.2, -0.15) is 0 Å². The van der Waals surface area contributed by atoms with Crippen LogP contribution in [-0.2, 0) is 16.1 Å². The molecule has 0 bridgehead atoms. The van der Waals surface area contributed by atoms with E-state index in [1.807, 2.05) is 47.8 Å².